The van der Waals surface area contributed by atoms with E-state index in [0.29, 0.717) is 11.4 Å². The summed E-state index contributed by atoms with van der Waals surface area (Å²) in [7, 11) is 0. The summed E-state index contributed by atoms with van der Waals surface area (Å²) in [5, 5.41) is 6.34. The maximum absolute atomic E-state index is 12.8. The third-order valence-electron chi connectivity index (χ3n) is 5.18. The fourth-order valence-electron chi connectivity index (χ4n) is 3.21. The molecule has 0 spiro atoms. The van der Waals surface area contributed by atoms with Crippen LogP contribution < -0.4 is 10.6 Å². The van der Waals surface area contributed by atoms with Gasteiger partial charge in [-0.1, -0.05) is 12.1 Å². The van der Waals surface area contributed by atoms with E-state index in [9.17, 15) is 4.79 Å². The van der Waals surface area contributed by atoms with Crippen LogP contribution in [0.5, 0.6) is 0 Å². The number of rotatable bonds is 5. The highest BCUT2D eigenvalue weighted by atomic mass is 16.1. The third kappa shape index (κ3) is 4.59. The van der Waals surface area contributed by atoms with Gasteiger partial charge in [-0.15, -0.1) is 0 Å². The van der Waals surface area contributed by atoms with Crippen LogP contribution in [0.15, 0.2) is 73.3 Å². The predicted molar refractivity (Wildman–Crippen MR) is 124 cm³/mol. The molecule has 0 aliphatic heterocycles. The normalized spacial score (nSPS) is 10.5. The highest BCUT2D eigenvalue weighted by Crippen LogP contribution is 2.28. The zero-order chi connectivity index (χ0) is 21.8. The Morgan fingerprint density at radius 3 is 2.45 bits per heavy atom. The van der Waals surface area contributed by atoms with E-state index in [1.165, 1.54) is 11.9 Å². The number of hydrogen-bond donors (Lipinski definition) is 2. The Labute approximate surface area is 181 Å². The largest absolute Gasteiger partial charge is 0.339 e. The van der Waals surface area contributed by atoms with Crippen molar-refractivity contribution in [1.82, 2.24) is 15.0 Å². The summed E-state index contributed by atoms with van der Waals surface area (Å²) >= 11 is 0. The molecule has 0 atom stereocenters. The lowest BCUT2D eigenvalue weighted by Crippen LogP contribution is -2.12. The fourth-order valence-corrected chi connectivity index (χ4v) is 3.21. The molecule has 1 amide bonds. The molecule has 0 bridgehead atoms. The van der Waals surface area contributed by atoms with Crippen molar-refractivity contribution in [1.29, 1.82) is 0 Å². The maximum Gasteiger partial charge on any atom is 0.255 e. The molecule has 2 heterocycles. The molecule has 2 N–H and O–H groups in total. The average Bonchev–Trinajstić information content (AvgIpc) is 2.78. The lowest BCUT2D eigenvalue weighted by atomic mass is 10.1. The van der Waals surface area contributed by atoms with Crippen LogP contribution in [-0.4, -0.2) is 20.9 Å². The molecule has 6 nitrogen and oxygen atoms in total. The van der Waals surface area contributed by atoms with E-state index >= 15 is 0 Å². The van der Waals surface area contributed by atoms with Crippen molar-refractivity contribution in [3.8, 4) is 11.3 Å². The minimum Gasteiger partial charge on any atom is -0.339 e. The van der Waals surface area contributed by atoms with E-state index in [1.807, 2.05) is 75.4 Å². The van der Waals surface area contributed by atoms with Crippen molar-refractivity contribution < 1.29 is 4.79 Å². The van der Waals surface area contributed by atoms with Gasteiger partial charge in [0.1, 0.15) is 12.1 Å². The first-order valence-corrected chi connectivity index (χ1v) is 9.99. The number of aryl methyl sites for hydroxylation is 3. The summed E-state index contributed by atoms with van der Waals surface area (Å²) in [6.45, 7) is 6.06. The molecule has 2 aromatic carbocycles. The quantitative estimate of drug-likeness (QED) is 0.457. The Morgan fingerprint density at radius 1 is 0.839 bits per heavy atom. The van der Waals surface area contributed by atoms with Gasteiger partial charge >= 0.3 is 0 Å². The second kappa shape index (κ2) is 8.75. The van der Waals surface area contributed by atoms with Crippen molar-refractivity contribution in [2.75, 3.05) is 10.6 Å². The topological polar surface area (TPSA) is 79.8 Å². The minimum absolute atomic E-state index is 0.164. The molecule has 0 fully saturated rings. The Morgan fingerprint density at radius 2 is 1.68 bits per heavy atom. The first-order valence-electron chi connectivity index (χ1n) is 9.99. The molecule has 2 aromatic heterocycles. The van der Waals surface area contributed by atoms with E-state index in [1.54, 1.807) is 12.4 Å². The van der Waals surface area contributed by atoms with Gasteiger partial charge in [-0.2, -0.15) is 0 Å². The standard InChI is InChI=1S/C25H23N5O/c1-16-7-9-20(13-18(16)3)29-25(31)19-8-6-17(2)23(14-19)30-24-21(5-4-11-27-24)22-10-12-26-15-28-22/h4-15H,1-3H3,(H,27,30)(H,29,31). The molecule has 4 aromatic rings. The van der Waals surface area contributed by atoms with Gasteiger partial charge in [-0.05, 0) is 79.9 Å². The van der Waals surface area contributed by atoms with Gasteiger partial charge in [0.2, 0.25) is 0 Å². The molecule has 154 valence electrons. The zero-order valence-corrected chi connectivity index (χ0v) is 17.7. The van der Waals surface area contributed by atoms with Crippen LogP contribution in [0.25, 0.3) is 11.3 Å². The lowest BCUT2D eigenvalue weighted by Gasteiger charge is -2.14. The number of carbonyl (C=O) groups is 1. The van der Waals surface area contributed by atoms with Gasteiger partial charge in [0.05, 0.1) is 5.69 Å². The third-order valence-corrected chi connectivity index (χ3v) is 5.18. The van der Waals surface area contributed by atoms with Crippen LogP contribution in [0.2, 0.25) is 0 Å². The van der Waals surface area contributed by atoms with Gasteiger partial charge in [-0.25, -0.2) is 15.0 Å². The SMILES string of the molecule is Cc1ccc(NC(=O)c2ccc(C)c(Nc3ncccc3-c3ccncn3)c2)cc1C. The van der Waals surface area contributed by atoms with Crippen molar-refractivity contribution >= 4 is 23.1 Å². The number of anilines is 3. The van der Waals surface area contributed by atoms with Crippen molar-refractivity contribution in [2.45, 2.75) is 20.8 Å². The van der Waals surface area contributed by atoms with Crippen molar-refractivity contribution in [3.05, 3.63) is 95.6 Å². The molecule has 0 aliphatic carbocycles. The summed E-state index contributed by atoms with van der Waals surface area (Å²) in [5.41, 5.74) is 7.10. The monoisotopic (exact) mass is 409 g/mol. The molecule has 0 radical (unpaired) electrons. The van der Waals surface area contributed by atoms with Gasteiger partial charge < -0.3 is 10.6 Å². The molecule has 0 saturated carbocycles. The Hall–Kier alpha value is -4.06. The van der Waals surface area contributed by atoms with Crippen LogP contribution in [-0.2, 0) is 0 Å². The number of pyridine rings is 1. The number of nitrogens with one attached hydrogen (secondary N) is 2. The highest BCUT2D eigenvalue weighted by Gasteiger charge is 2.12. The second-order valence-electron chi connectivity index (χ2n) is 7.40. The lowest BCUT2D eigenvalue weighted by molar-refractivity contribution is 0.102. The van der Waals surface area contributed by atoms with Crippen LogP contribution in [0.1, 0.15) is 27.0 Å². The molecular formula is C25H23N5O. The van der Waals surface area contributed by atoms with Crippen LogP contribution in [0, 0.1) is 20.8 Å². The predicted octanol–water partition coefficient (Wildman–Crippen LogP) is 5.46. The first-order chi connectivity index (χ1) is 15.0. The number of carbonyl (C=O) groups excluding carboxylic acids is 1. The van der Waals surface area contributed by atoms with Crippen molar-refractivity contribution in [3.63, 3.8) is 0 Å². The number of aromatic nitrogens is 3. The zero-order valence-electron chi connectivity index (χ0n) is 17.7. The molecule has 0 saturated heterocycles. The van der Waals surface area contributed by atoms with E-state index in [4.69, 9.17) is 0 Å². The number of hydrogen-bond acceptors (Lipinski definition) is 5. The van der Waals surface area contributed by atoms with Gasteiger partial charge in [-0.3, -0.25) is 4.79 Å². The summed E-state index contributed by atoms with van der Waals surface area (Å²) in [6.07, 6.45) is 4.93. The Kier molecular flexibility index (Phi) is 5.71. The van der Waals surface area contributed by atoms with Crippen LogP contribution >= 0.6 is 0 Å². The molecular weight excluding hydrogens is 386 g/mol. The second-order valence-corrected chi connectivity index (χ2v) is 7.40. The smallest absolute Gasteiger partial charge is 0.255 e. The highest BCUT2D eigenvalue weighted by molar-refractivity contribution is 6.05. The van der Waals surface area contributed by atoms with Gasteiger partial charge in [0, 0.05) is 34.9 Å². The van der Waals surface area contributed by atoms with E-state index in [0.717, 1.165) is 33.8 Å². The molecule has 6 heteroatoms. The molecule has 0 aliphatic rings. The first kappa shape index (κ1) is 20.2. The number of nitrogens with zero attached hydrogens (tertiary/aromatic N) is 3. The van der Waals surface area contributed by atoms with Crippen molar-refractivity contribution in [2.24, 2.45) is 0 Å². The van der Waals surface area contributed by atoms with E-state index in [2.05, 4.69) is 25.6 Å². The van der Waals surface area contributed by atoms with Gasteiger partial charge in [0.25, 0.3) is 5.91 Å². The van der Waals surface area contributed by atoms with Gasteiger partial charge in [0.15, 0.2) is 0 Å². The van der Waals surface area contributed by atoms with E-state index in [-0.39, 0.29) is 5.91 Å². The summed E-state index contributed by atoms with van der Waals surface area (Å²) in [5.74, 6) is 0.499. The summed E-state index contributed by atoms with van der Waals surface area (Å²) in [4.78, 5) is 25.6. The van der Waals surface area contributed by atoms with E-state index < -0.39 is 0 Å². The van der Waals surface area contributed by atoms with Crippen LogP contribution in [0.4, 0.5) is 17.2 Å². The average molecular weight is 409 g/mol. The van der Waals surface area contributed by atoms with Crippen LogP contribution in [0.3, 0.4) is 0 Å². The number of amides is 1. The Bertz CT molecular complexity index is 1240. The molecule has 31 heavy (non-hydrogen) atoms. The Balaban J connectivity index is 1.61. The number of benzene rings is 2. The summed E-state index contributed by atoms with van der Waals surface area (Å²) < 4.78 is 0. The minimum atomic E-state index is -0.164. The summed E-state index contributed by atoms with van der Waals surface area (Å²) in [6, 6.07) is 17.1. The molecule has 4 rings (SSSR count). The maximum atomic E-state index is 12.8. The molecule has 0 unspecified atom stereocenters. The fraction of sp³-hybridized carbons (Fsp3) is 0.120.